The van der Waals surface area contributed by atoms with Gasteiger partial charge in [-0.25, -0.2) is 4.85 Å². The van der Waals surface area contributed by atoms with E-state index in [2.05, 4.69) is 95.9 Å². The van der Waals surface area contributed by atoms with E-state index < -0.39 is 0 Å². The summed E-state index contributed by atoms with van der Waals surface area (Å²) in [7, 11) is 0. The predicted molar refractivity (Wildman–Crippen MR) is 447 cm³/mol. The molecule has 0 aliphatic rings. The van der Waals surface area contributed by atoms with Crippen LogP contribution < -0.4 is 0 Å². The molecule has 12 nitrogen and oxygen atoms in total. The molecule has 0 fully saturated rings. The molecule has 0 unspecified atom stereocenters. The van der Waals surface area contributed by atoms with E-state index >= 15 is 0 Å². The van der Waals surface area contributed by atoms with Gasteiger partial charge in [-0.15, -0.1) is 0 Å². The SMILES string of the molecule is Cc1ccc2c3c(C#N)cc(C)c4c(C#N)ccc(c5ccc(C#N)c1c52)c43.Cc1ccc2c3ccc(C)c4c(C#N)cc(C#N)c(c5ccc(C#N)c1c25)c43.Cc1ccc2c3ccc(C)c4c(C#N)cc(C#N)c(c5ccc(C#N)c1c25)c43.[C-]#[N+]c1cc(C)c2c(C#N)ccc3c4ccc(C#N)c5c(C)ccc(c1c23)c54. The Labute approximate surface area is 641 Å². The molecule has 0 bridgehead atoms. The third-order valence-electron chi connectivity index (χ3n) is 23.1. The number of benzene rings is 20. The topological polar surface area (TPSA) is 266 Å². The Balaban J connectivity index is 0.000000108. The summed E-state index contributed by atoms with van der Waals surface area (Å²) in [4.78, 5) is 3.81. The Kier molecular flexibility index (Phi) is 15.7. The van der Waals surface area contributed by atoms with Gasteiger partial charge in [-0.3, -0.25) is 0 Å². The van der Waals surface area contributed by atoms with Crippen LogP contribution in [0.1, 0.15) is 106 Å². The van der Waals surface area contributed by atoms with Crippen LogP contribution in [0.4, 0.5) is 5.69 Å². The van der Waals surface area contributed by atoms with Gasteiger partial charge in [0.15, 0.2) is 5.69 Å². The van der Waals surface area contributed by atoms with E-state index in [-0.39, 0.29) is 0 Å². The summed E-state index contributed by atoms with van der Waals surface area (Å²) in [5.74, 6) is 0. The molecule has 20 aromatic rings. The van der Waals surface area contributed by atoms with Crippen molar-refractivity contribution in [2.75, 3.05) is 0 Å². The summed E-state index contributed by atoms with van der Waals surface area (Å²) < 4.78 is 0. The molecule has 0 aliphatic carbocycles. The van der Waals surface area contributed by atoms with Gasteiger partial charge < -0.3 is 0 Å². The van der Waals surface area contributed by atoms with Gasteiger partial charge in [0, 0.05) is 75.4 Å². The van der Waals surface area contributed by atoms with Crippen LogP contribution in [-0.2, 0) is 0 Å². The number of fused-ring (bicyclic) bond motifs is 8. The molecule has 0 heterocycles. The van der Waals surface area contributed by atoms with E-state index in [4.69, 9.17) is 6.57 Å². The number of hydrogen-bond acceptors (Lipinski definition) is 11. The highest BCUT2D eigenvalue weighted by Gasteiger charge is 2.27. The highest BCUT2D eigenvalue weighted by Crippen LogP contribution is 2.51. The van der Waals surface area contributed by atoms with Crippen LogP contribution in [0.15, 0.2) is 170 Å². The molecule has 0 aromatic heterocycles. The average molecular weight is 1420 g/mol. The van der Waals surface area contributed by atoms with Gasteiger partial charge in [-0.2, -0.15) is 57.9 Å². The van der Waals surface area contributed by atoms with Crippen LogP contribution >= 0.6 is 0 Å². The third kappa shape index (κ3) is 9.41. The third-order valence-corrected chi connectivity index (χ3v) is 23.1. The molecule has 12 heteroatoms. The highest BCUT2D eigenvalue weighted by atomic mass is 14.6. The molecule has 20 rings (SSSR count). The number of hydrogen-bond donors (Lipinski definition) is 0. The van der Waals surface area contributed by atoms with Gasteiger partial charge in [-0.05, 0) is 246 Å². The fourth-order valence-corrected chi connectivity index (χ4v) is 18.5. The van der Waals surface area contributed by atoms with Crippen molar-refractivity contribution in [1.29, 1.82) is 57.9 Å². The molecule has 0 spiro atoms. The van der Waals surface area contributed by atoms with E-state index in [1.165, 1.54) is 0 Å². The molecule has 0 aliphatic heterocycles. The van der Waals surface area contributed by atoms with Crippen LogP contribution in [0.2, 0.25) is 0 Å². The fraction of sp³-hybridized carbons (Fsp3) is 0.0800. The van der Waals surface area contributed by atoms with Crippen molar-refractivity contribution >= 4 is 178 Å². The molecular weight excluding hydrogens is 1370 g/mol. The summed E-state index contributed by atoms with van der Waals surface area (Å²) in [6, 6.07) is 79.9. The zero-order valence-electron chi connectivity index (χ0n) is 61.5. The lowest BCUT2D eigenvalue weighted by Crippen LogP contribution is -1.95. The number of nitriles is 11. The predicted octanol–water partition coefficient (Wildman–Crippen LogP) is 24.6. The van der Waals surface area contributed by atoms with Crippen LogP contribution in [0.5, 0.6) is 0 Å². The lowest BCUT2D eigenvalue weighted by Gasteiger charge is -2.19. The molecule has 20 aromatic carbocycles. The van der Waals surface area contributed by atoms with Crippen molar-refractivity contribution in [3.63, 3.8) is 0 Å². The van der Waals surface area contributed by atoms with E-state index in [0.29, 0.717) is 66.9 Å². The van der Waals surface area contributed by atoms with Crippen molar-refractivity contribution in [2.24, 2.45) is 0 Å². The Morgan fingerprint density at radius 2 is 0.348 bits per heavy atom. The quantitative estimate of drug-likeness (QED) is 0.0782. The molecular formula is C100H52N12. The summed E-state index contributed by atoms with van der Waals surface area (Å²) >= 11 is 0. The normalized spacial score (nSPS) is 11.1. The molecule has 512 valence electrons. The van der Waals surface area contributed by atoms with Crippen molar-refractivity contribution in [2.45, 2.75) is 55.4 Å². The number of aryl methyl sites for hydroxylation is 8. The Morgan fingerprint density at radius 1 is 0.170 bits per heavy atom. The molecule has 0 atom stereocenters. The second-order valence-electron chi connectivity index (χ2n) is 28.8. The van der Waals surface area contributed by atoms with Gasteiger partial charge in [0.05, 0.1) is 135 Å². The van der Waals surface area contributed by atoms with E-state index in [1.54, 1.807) is 12.1 Å². The molecule has 0 N–H and O–H groups in total. The van der Waals surface area contributed by atoms with Gasteiger partial charge in [-0.1, -0.05) is 121 Å². The minimum absolute atomic E-state index is 0.495. The van der Waals surface area contributed by atoms with Crippen LogP contribution in [0.25, 0.3) is 177 Å². The maximum absolute atomic E-state index is 9.87. The zero-order chi connectivity index (χ0) is 78.3. The molecule has 0 amide bonds. The minimum atomic E-state index is 0.495. The minimum Gasteiger partial charge on any atom is -0.237 e. The van der Waals surface area contributed by atoms with Gasteiger partial charge in [0.1, 0.15) is 0 Å². The first kappa shape index (κ1) is 68.6. The van der Waals surface area contributed by atoms with Crippen molar-refractivity contribution in [3.8, 4) is 66.8 Å². The fourth-order valence-electron chi connectivity index (χ4n) is 18.5. The smallest absolute Gasteiger partial charge is 0.195 e. The first-order chi connectivity index (χ1) is 54.4. The Bertz CT molecular complexity index is 7720. The lowest BCUT2D eigenvalue weighted by molar-refractivity contribution is 1.46. The first-order valence-corrected chi connectivity index (χ1v) is 35.9. The van der Waals surface area contributed by atoms with E-state index in [9.17, 15) is 57.9 Å². The van der Waals surface area contributed by atoms with Crippen molar-refractivity contribution in [3.05, 3.63) is 287 Å². The number of nitrogens with zero attached hydrogens (tertiary/aromatic N) is 12. The average Bonchev–Trinajstić information content (AvgIpc) is 0.720. The van der Waals surface area contributed by atoms with Crippen molar-refractivity contribution < 1.29 is 0 Å². The lowest BCUT2D eigenvalue weighted by atomic mass is 9.83. The zero-order valence-corrected chi connectivity index (χ0v) is 61.5. The summed E-state index contributed by atoms with van der Waals surface area (Å²) in [5, 5.41) is 138. The van der Waals surface area contributed by atoms with Crippen LogP contribution in [0, 0.1) is 187 Å². The Morgan fingerprint density at radius 3 is 0.607 bits per heavy atom. The molecule has 0 saturated carbocycles. The maximum atomic E-state index is 9.87. The standard InChI is InChI=1S/4C25H13N3/c1-13-4-7-19-23-17(8-5-15(11-26)21(13)23)18-9-6-16(12-27)22-14(2)10-20(28-3)24(19)25(18)22;1-13-3-6-20-23-17(12-28)9-14(2)22-16(11-27)5-8-19(25(22)23)18-7-4-15(10-26)21(13)24(18)20;2*1-13-3-6-18-19-7-4-14(2)22-16(11-27)9-17(12-28)23(25(19)22)20-8-5-15(10-26)21(13)24(18)20/h4-10H,1-2H3;3*3-9H,1-2H3. The maximum Gasteiger partial charge on any atom is 0.195 e. The number of rotatable bonds is 0. The second-order valence-corrected chi connectivity index (χ2v) is 28.8. The van der Waals surface area contributed by atoms with Crippen LogP contribution in [-0.4, -0.2) is 0 Å². The van der Waals surface area contributed by atoms with E-state index in [0.717, 1.165) is 217 Å². The molecule has 0 radical (unpaired) electrons. The first-order valence-electron chi connectivity index (χ1n) is 35.9. The summed E-state index contributed by atoms with van der Waals surface area (Å²) in [5.41, 5.74) is 15.0. The largest absolute Gasteiger partial charge is 0.237 e. The molecule has 0 saturated heterocycles. The molecule has 112 heavy (non-hydrogen) atoms. The van der Waals surface area contributed by atoms with E-state index in [1.807, 2.05) is 189 Å². The highest BCUT2D eigenvalue weighted by molar-refractivity contribution is 6.40. The van der Waals surface area contributed by atoms with Crippen molar-refractivity contribution in [1.82, 2.24) is 0 Å². The summed E-state index contributed by atoms with van der Waals surface area (Å²) in [6.07, 6.45) is 0. The Hall–Kier alpha value is -16.5. The van der Waals surface area contributed by atoms with Gasteiger partial charge in [0.2, 0.25) is 0 Å². The van der Waals surface area contributed by atoms with Crippen LogP contribution in [0.3, 0.4) is 0 Å². The van der Waals surface area contributed by atoms with Gasteiger partial charge in [0.25, 0.3) is 0 Å². The monoisotopic (exact) mass is 1420 g/mol. The van der Waals surface area contributed by atoms with Gasteiger partial charge >= 0.3 is 0 Å². The second kappa shape index (κ2) is 25.6. The summed E-state index contributed by atoms with van der Waals surface area (Å²) in [6.45, 7) is 23.7.